The first-order valence-electron chi connectivity index (χ1n) is 5.54. The lowest BCUT2D eigenvalue weighted by molar-refractivity contribution is 0.761. The zero-order valence-electron chi connectivity index (χ0n) is 8.78. The van der Waals surface area contributed by atoms with Crippen LogP contribution in [0.15, 0.2) is 42.5 Å². The fourth-order valence-corrected chi connectivity index (χ4v) is 1.35. The monoisotopic (exact) mass is 187 g/mol. The molecule has 0 aromatic carbocycles. The summed E-state index contributed by atoms with van der Waals surface area (Å²) in [5.74, 6) is 0. The maximum absolute atomic E-state index is 3.19. The van der Waals surface area contributed by atoms with Gasteiger partial charge in [0.1, 0.15) is 0 Å². The van der Waals surface area contributed by atoms with Crippen molar-refractivity contribution in [3.8, 4) is 0 Å². The first-order valence-corrected chi connectivity index (χ1v) is 5.54. The minimum Gasteiger partial charge on any atom is -0.0845 e. The molecular formula is C14H19. The number of rotatable bonds is 0. The van der Waals surface area contributed by atoms with Crippen LogP contribution < -0.4 is 0 Å². The molecule has 0 unspecified atom stereocenters. The molecule has 0 heteroatoms. The zero-order chi connectivity index (χ0) is 9.90. The van der Waals surface area contributed by atoms with E-state index >= 15 is 0 Å². The highest BCUT2D eigenvalue weighted by Crippen LogP contribution is 2.03. The molecule has 0 N–H and O–H groups in total. The van der Waals surface area contributed by atoms with Crippen LogP contribution in [-0.2, 0) is 0 Å². The molecule has 0 aromatic rings. The smallest absolute Gasteiger partial charge is 0.0230 e. The fourth-order valence-electron chi connectivity index (χ4n) is 1.35. The van der Waals surface area contributed by atoms with E-state index in [1.165, 1.54) is 19.3 Å². The van der Waals surface area contributed by atoms with Crippen LogP contribution >= 0.6 is 0 Å². The van der Waals surface area contributed by atoms with Crippen LogP contribution in [0.2, 0.25) is 0 Å². The Balaban J connectivity index is 2.34. The molecule has 0 spiro atoms. The van der Waals surface area contributed by atoms with E-state index in [0.717, 1.165) is 19.3 Å². The normalized spacial score (nSPS) is 28.6. The molecular weight excluding hydrogens is 168 g/mol. The minimum atomic E-state index is 1.12. The van der Waals surface area contributed by atoms with Crippen LogP contribution in [0.5, 0.6) is 0 Å². The van der Waals surface area contributed by atoms with Crippen molar-refractivity contribution >= 4 is 0 Å². The first kappa shape index (κ1) is 11.0. The van der Waals surface area contributed by atoms with E-state index in [0.29, 0.717) is 0 Å². The molecule has 0 fully saturated rings. The molecule has 0 saturated carbocycles. The second kappa shape index (κ2) is 8.55. The van der Waals surface area contributed by atoms with E-state index in [1.807, 2.05) is 6.08 Å². The Morgan fingerprint density at radius 3 is 2.36 bits per heavy atom. The summed E-state index contributed by atoms with van der Waals surface area (Å²) in [5.41, 5.74) is 0. The third-order valence-electron chi connectivity index (χ3n) is 2.18. The average molecular weight is 187 g/mol. The Labute approximate surface area is 87.7 Å². The predicted octanol–water partition coefficient (Wildman–Crippen LogP) is 4.37. The molecule has 1 aliphatic rings. The lowest BCUT2D eigenvalue weighted by Crippen LogP contribution is -1.73. The van der Waals surface area contributed by atoms with Crippen LogP contribution in [0.4, 0.5) is 0 Å². The van der Waals surface area contributed by atoms with E-state index in [2.05, 4.69) is 42.5 Å². The van der Waals surface area contributed by atoms with Crippen LogP contribution in [0.3, 0.4) is 0 Å². The van der Waals surface area contributed by atoms with Gasteiger partial charge < -0.3 is 0 Å². The Morgan fingerprint density at radius 2 is 1.43 bits per heavy atom. The first-order chi connectivity index (χ1) is 7.00. The summed E-state index contributed by atoms with van der Waals surface area (Å²) >= 11 is 0. The summed E-state index contributed by atoms with van der Waals surface area (Å²) in [7, 11) is 0. The molecule has 14 heavy (non-hydrogen) atoms. The van der Waals surface area contributed by atoms with Crippen molar-refractivity contribution in [1.29, 1.82) is 0 Å². The number of hydrogen-bond acceptors (Lipinski definition) is 0. The van der Waals surface area contributed by atoms with Crippen molar-refractivity contribution in [2.24, 2.45) is 0 Å². The van der Waals surface area contributed by atoms with Crippen LogP contribution in [-0.4, -0.2) is 0 Å². The minimum absolute atomic E-state index is 1.12. The molecule has 0 aliphatic heterocycles. The van der Waals surface area contributed by atoms with E-state index in [4.69, 9.17) is 0 Å². The SMILES string of the molecule is [C]1=C/CCCC/C=C\C=C\CC/C=C/1. The Hall–Kier alpha value is -1.04. The number of hydrogen-bond donors (Lipinski definition) is 0. The largest absolute Gasteiger partial charge is 0.0845 e. The van der Waals surface area contributed by atoms with Gasteiger partial charge in [0.25, 0.3) is 0 Å². The highest BCUT2D eigenvalue weighted by molar-refractivity contribution is 5.03. The van der Waals surface area contributed by atoms with Crippen molar-refractivity contribution in [2.75, 3.05) is 0 Å². The van der Waals surface area contributed by atoms with Crippen LogP contribution in [0, 0.1) is 6.08 Å². The molecule has 1 aliphatic carbocycles. The van der Waals surface area contributed by atoms with E-state index in [1.54, 1.807) is 0 Å². The van der Waals surface area contributed by atoms with Gasteiger partial charge in [-0.05, 0) is 44.6 Å². The van der Waals surface area contributed by atoms with E-state index in [-0.39, 0.29) is 0 Å². The maximum Gasteiger partial charge on any atom is -0.0230 e. The molecule has 0 heterocycles. The predicted molar refractivity (Wildman–Crippen MR) is 62.9 cm³/mol. The molecule has 75 valence electrons. The topological polar surface area (TPSA) is 0 Å². The molecule has 1 radical (unpaired) electrons. The van der Waals surface area contributed by atoms with Gasteiger partial charge in [-0.3, -0.25) is 0 Å². The van der Waals surface area contributed by atoms with Crippen molar-refractivity contribution < 1.29 is 0 Å². The van der Waals surface area contributed by atoms with Gasteiger partial charge in [0.05, 0.1) is 0 Å². The zero-order valence-corrected chi connectivity index (χ0v) is 8.78. The van der Waals surface area contributed by atoms with Gasteiger partial charge in [0.2, 0.25) is 0 Å². The van der Waals surface area contributed by atoms with Gasteiger partial charge in [0.15, 0.2) is 0 Å². The Morgan fingerprint density at radius 1 is 0.714 bits per heavy atom. The van der Waals surface area contributed by atoms with Crippen molar-refractivity contribution in [2.45, 2.75) is 38.5 Å². The lowest BCUT2D eigenvalue weighted by Gasteiger charge is -1.92. The van der Waals surface area contributed by atoms with Gasteiger partial charge in [0, 0.05) is 0 Å². The molecule has 0 nitrogen and oxygen atoms in total. The highest BCUT2D eigenvalue weighted by Gasteiger charge is 1.83. The van der Waals surface area contributed by atoms with Crippen molar-refractivity contribution in [1.82, 2.24) is 0 Å². The quantitative estimate of drug-likeness (QED) is 0.528. The van der Waals surface area contributed by atoms with E-state index < -0.39 is 0 Å². The summed E-state index contributed by atoms with van der Waals surface area (Å²) in [4.78, 5) is 0. The molecule has 0 saturated heterocycles. The summed E-state index contributed by atoms with van der Waals surface area (Å²) in [5, 5.41) is 0. The fraction of sp³-hybridized carbons (Fsp3) is 0.429. The van der Waals surface area contributed by atoms with Crippen LogP contribution in [0.25, 0.3) is 0 Å². The lowest BCUT2D eigenvalue weighted by atomic mass is 10.1. The van der Waals surface area contributed by atoms with Gasteiger partial charge in [-0.1, -0.05) is 42.5 Å². The summed E-state index contributed by atoms with van der Waals surface area (Å²) < 4.78 is 0. The molecule has 0 aromatic heterocycles. The summed E-state index contributed by atoms with van der Waals surface area (Å²) in [6, 6.07) is 0. The van der Waals surface area contributed by atoms with Crippen LogP contribution in [0.1, 0.15) is 38.5 Å². The standard InChI is InChI=1S/C14H19/c1-2-4-6-8-10-12-14-13-11-9-7-5-3-1/h1-4,9,11,14H,5-8,10,12H2/b3-1+,4-2-,11-9+,14-13?. The third-order valence-corrected chi connectivity index (χ3v) is 2.18. The van der Waals surface area contributed by atoms with Crippen molar-refractivity contribution in [3.63, 3.8) is 0 Å². The number of allylic oxidation sites excluding steroid dienone is 8. The molecule has 0 atom stereocenters. The Bertz CT molecular complexity index is 202. The van der Waals surface area contributed by atoms with E-state index in [9.17, 15) is 0 Å². The van der Waals surface area contributed by atoms with Gasteiger partial charge >= 0.3 is 0 Å². The highest BCUT2D eigenvalue weighted by atomic mass is 13.9. The maximum atomic E-state index is 3.19. The van der Waals surface area contributed by atoms with Gasteiger partial charge in [-0.25, -0.2) is 0 Å². The average Bonchev–Trinajstić information content (AvgIpc) is 2.22. The van der Waals surface area contributed by atoms with Gasteiger partial charge in [-0.15, -0.1) is 0 Å². The summed E-state index contributed by atoms with van der Waals surface area (Å²) in [6.45, 7) is 0. The summed E-state index contributed by atoms with van der Waals surface area (Å²) in [6.07, 6.45) is 25.5. The van der Waals surface area contributed by atoms with Crippen molar-refractivity contribution in [3.05, 3.63) is 48.6 Å². The molecule has 0 amide bonds. The second-order valence-corrected chi connectivity index (χ2v) is 3.49. The molecule has 1 rings (SSSR count). The third kappa shape index (κ3) is 6.47. The Kier molecular flexibility index (Phi) is 6.74. The second-order valence-electron chi connectivity index (χ2n) is 3.49. The van der Waals surface area contributed by atoms with Gasteiger partial charge in [-0.2, -0.15) is 0 Å². The molecule has 0 bridgehead atoms.